The van der Waals surface area contributed by atoms with E-state index >= 15 is 0 Å². The van der Waals surface area contributed by atoms with Crippen LogP contribution >= 0.6 is 24.0 Å². The normalized spacial score (nSPS) is 15.6. The van der Waals surface area contributed by atoms with Crippen molar-refractivity contribution in [3.05, 3.63) is 12.7 Å². The predicted molar refractivity (Wildman–Crippen MR) is 87.1 cm³/mol. The molecule has 0 atom stereocenters. The molecule has 0 aromatic carbocycles. The van der Waals surface area contributed by atoms with E-state index in [0.717, 1.165) is 19.0 Å². The van der Waals surface area contributed by atoms with Crippen molar-refractivity contribution in [1.82, 2.24) is 15.1 Å². The first-order valence-electron chi connectivity index (χ1n) is 6.21. The summed E-state index contributed by atoms with van der Waals surface area (Å²) in [7, 11) is 1.75. The van der Waals surface area contributed by atoms with Crippen LogP contribution < -0.4 is 5.32 Å². The molecule has 0 unspecified atom stereocenters. The molecule has 1 aliphatic heterocycles. The molecule has 1 amide bonds. The lowest BCUT2D eigenvalue weighted by molar-refractivity contribution is 0.0915. The molecule has 1 N–H and O–H groups in total. The van der Waals surface area contributed by atoms with E-state index in [1.165, 1.54) is 0 Å². The average Bonchev–Trinajstić information content (AvgIpc) is 2.40. The van der Waals surface area contributed by atoms with Crippen LogP contribution in [-0.2, 0) is 4.74 Å². The van der Waals surface area contributed by atoms with Crippen LogP contribution in [0.5, 0.6) is 0 Å². The highest BCUT2D eigenvalue weighted by atomic mass is 127. The fourth-order valence-electron chi connectivity index (χ4n) is 1.81. The van der Waals surface area contributed by atoms with E-state index in [-0.39, 0.29) is 30.1 Å². The number of hydrogen-bond acceptors (Lipinski definition) is 3. The quantitative estimate of drug-likeness (QED) is 0.344. The Morgan fingerprint density at radius 2 is 1.95 bits per heavy atom. The van der Waals surface area contributed by atoms with Crippen LogP contribution in [0.3, 0.4) is 0 Å². The lowest BCUT2D eigenvalue weighted by Gasteiger charge is -2.35. The minimum Gasteiger partial charge on any atom is -0.450 e. The number of carbonyl (C=O) groups is 1. The first kappa shape index (κ1) is 18.0. The first-order valence-corrected chi connectivity index (χ1v) is 6.21. The Kier molecular flexibility index (Phi) is 9.36. The molecule has 1 saturated heterocycles. The van der Waals surface area contributed by atoms with Gasteiger partial charge in [-0.3, -0.25) is 4.99 Å². The van der Waals surface area contributed by atoms with Crippen molar-refractivity contribution in [2.45, 2.75) is 6.92 Å². The van der Waals surface area contributed by atoms with E-state index in [4.69, 9.17) is 4.74 Å². The van der Waals surface area contributed by atoms with Gasteiger partial charge in [-0.05, 0) is 6.92 Å². The number of aliphatic imine (C=N–C) groups is 1. The molecule has 0 radical (unpaired) electrons. The molecule has 0 aliphatic carbocycles. The van der Waals surface area contributed by atoms with Crippen LogP contribution in [0, 0.1) is 0 Å². The molecule has 19 heavy (non-hydrogen) atoms. The van der Waals surface area contributed by atoms with Gasteiger partial charge in [-0.15, -0.1) is 30.6 Å². The van der Waals surface area contributed by atoms with E-state index in [2.05, 4.69) is 21.8 Å². The molecule has 0 spiro atoms. The number of halogens is 1. The molecule has 1 fully saturated rings. The number of hydrogen-bond donors (Lipinski definition) is 1. The fourth-order valence-corrected chi connectivity index (χ4v) is 1.81. The third kappa shape index (κ3) is 5.66. The van der Waals surface area contributed by atoms with Crippen LogP contribution in [0.2, 0.25) is 0 Å². The number of carbonyl (C=O) groups excluding carboxylic acids is 1. The summed E-state index contributed by atoms with van der Waals surface area (Å²) in [4.78, 5) is 19.6. The monoisotopic (exact) mass is 382 g/mol. The van der Waals surface area contributed by atoms with Crippen LogP contribution in [0.4, 0.5) is 4.79 Å². The zero-order chi connectivity index (χ0) is 13.4. The molecule has 0 aromatic rings. The molecular formula is C12H23IN4O2. The Hall–Kier alpha value is -0.990. The molecule has 1 rings (SSSR count). The fraction of sp³-hybridized carbons (Fsp3) is 0.667. The number of amides is 1. The Labute approximate surface area is 131 Å². The standard InChI is InChI=1S/C12H22N4O2.HI/c1-4-6-14-11(13-3)15-7-9-16(10-8-15)12(17)18-5-2;/h4H,1,5-10H2,2-3H3,(H,13,14);1H. The zero-order valence-electron chi connectivity index (χ0n) is 11.6. The van der Waals surface area contributed by atoms with Gasteiger partial charge in [0.05, 0.1) is 6.61 Å². The Bertz CT molecular complexity index is 315. The largest absolute Gasteiger partial charge is 0.450 e. The molecule has 0 saturated carbocycles. The van der Waals surface area contributed by atoms with Crippen molar-refractivity contribution in [1.29, 1.82) is 0 Å². The second-order valence-corrected chi connectivity index (χ2v) is 3.89. The van der Waals surface area contributed by atoms with E-state index in [9.17, 15) is 4.79 Å². The topological polar surface area (TPSA) is 57.2 Å². The summed E-state index contributed by atoms with van der Waals surface area (Å²) in [6.07, 6.45) is 1.56. The van der Waals surface area contributed by atoms with Crippen molar-refractivity contribution < 1.29 is 9.53 Å². The van der Waals surface area contributed by atoms with Gasteiger partial charge in [-0.2, -0.15) is 0 Å². The van der Waals surface area contributed by atoms with Gasteiger partial charge >= 0.3 is 6.09 Å². The predicted octanol–water partition coefficient (Wildman–Crippen LogP) is 1.14. The van der Waals surface area contributed by atoms with Crippen molar-refractivity contribution in [3.63, 3.8) is 0 Å². The van der Waals surface area contributed by atoms with Crippen molar-refractivity contribution in [2.24, 2.45) is 4.99 Å². The van der Waals surface area contributed by atoms with Crippen molar-refractivity contribution in [2.75, 3.05) is 46.4 Å². The van der Waals surface area contributed by atoms with Gasteiger partial charge in [0.25, 0.3) is 0 Å². The Morgan fingerprint density at radius 3 is 2.42 bits per heavy atom. The molecule has 6 nitrogen and oxygen atoms in total. The highest BCUT2D eigenvalue weighted by molar-refractivity contribution is 14.0. The third-order valence-electron chi connectivity index (χ3n) is 2.72. The Balaban J connectivity index is 0.00000324. The first-order chi connectivity index (χ1) is 8.72. The van der Waals surface area contributed by atoms with Gasteiger partial charge in [0.2, 0.25) is 0 Å². The minimum absolute atomic E-state index is 0. The van der Waals surface area contributed by atoms with Crippen molar-refractivity contribution >= 4 is 36.0 Å². The highest BCUT2D eigenvalue weighted by Gasteiger charge is 2.23. The summed E-state index contributed by atoms with van der Waals surface area (Å²) in [5.41, 5.74) is 0. The van der Waals surface area contributed by atoms with Gasteiger partial charge in [0.1, 0.15) is 0 Å². The van der Waals surface area contributed by atoms with E-state index < -0.39 is 0 Å². The van der Waals surface area contributed by atoms with Crippen molar-refractivity contribution in [3.8, 4) is 0 Å². The second-order valence-electron chi connectivity index (χ2n) is 3.89. The summed E-state index contributed by atoms with van der Waals surface area (Å²) in [6, 6.07) is 0. The molecule has 110 valence electrons. The molecular weight excluding hydrogens is 359 g/mol. The van der Waals surface area contributed by atoms with E-state index in [1.807, 2.05) is 6.92 Å². The summed E-state index contributed by atoms with van der Waals surface area (Å²) in [5.74, 6) is 0.846. The highest BCUT2D eigenvalue weighted by Crippen LogP contribution is 2.04. The molecule has 1 aliphatic rings. The SMILES string of the molecule is C=CCNC(=NC)N1CCN(C(=O)OCC)CC1.I. The Morgan fingerprint density at radius 1 is 1.37 bits per heavy atom. The number of guanidine groups is 1. The van der Waals surface area contributed by atoms with Gasteiger partial charge in [-0.1, -0.05) is 6.08 Å². The summed E-state index contributed by atoms with van der Waals surface area (Å²) in [5, 5.41) is 3.18. The maximum atomic E-state index is 11.5. The molecule has 7 heteroatoms. The third-order valence-corrected chi connectivity index (χ3v) is 2.72. The van der Waals surface area contributed by atoms with Crippen LogP contribution in [-0.4, -0.2) is 68.2 Å². The number of ether oxygens (including phenoxy) is 1. The zero-order valence-corrected chi connectivity index (χ0v) is 13.9. The minimum atomic E-state index is -0.230. The lowest BCUT2D eigenvalue weighted by atomic mass is 10.3. The molecule has 0 bridgehead atoms. The summed E-state index contributed by atoms with van der Waals surface area (Å²) in [6.45, 7) is 9.42. The second kappa shape index (κ2) is 9.88. The van der Waals surface area contributed by atoms with Gasteiger partial charge < -0.3 is 19.9 Å². The number of nitrogens with zero attached hydrogens (tertiary/aromatic N) is 3. The van der Waals surface area contributed by atoms with Gasteiger partial charge in [0.15, 0.2) is 5.96 Å². The van der Waals surface area contributed by atoms with Gasteiger partial charge in [-0.25, -0.2) is 4.79 Å². The maximum Gasteiger partial charge on any atom is 0.409 e. The summed E-state index contributed by atoms with van der Waals surface area (Å²) < 4.78 is 4.98. The van der Waals surface area contributed by atoms with Gasteiger partial charge in [0, 0.05) is 39.8 Å². The lowest BCUT2D eigenvalue weighted by Crippen LogP contribution is -2.53. The maximum absolute atomic E-state index is 11.5. The van der Waals surface area contributed by atoms with Crippen LogP contribution in [0.15, 0.2) is 17.6 Å². The number of nitrogens with one attached hydrogen (secondary N) is 1. The number of piperazine rings is 1. The number of rotatable bonds is 3. The summed E-state index contributed by atoms with van der Waals surface area (Å²) >= 11 is 0. The van der Waals surface area contributed by atoms with Crippen LogP contribution in [0.25, 0.3) is 0 Å². The van der Waals surface area contributed by atoms with E-state index in [0.29, 0.717) is 26.2 Å². The van der Waals surface area contributed by atoms with E-state index in [1.54, 1.807) is 18.0 Å². The smallest absolute Gasteiger partial charge is 0.409 e. The van der Waals surface area contributed by atoms with Crippen LogP contribution in [0.1, 0.15) is 6.92 Å². The molecule has 0 aromatic heterocycles. The molecule has 1 heterocycles. The average molecular weight is 382 g/mol.